The highest BCUT2D eigenvalue weighted by Gasteiger charge is 2.26. The molecule has 0 fully saturated rings. The van der Waals surface area contributed by atoms with Crippen LogP contribution in [0.15, 0.2) is 36.5 Å². The summed E-state index contributed by atoms with van der Waals surface area (Å²) in [7, 11) is 4.40. The first kappa shape index (κ1) is 28.6. The molecule has 7 nitrogen and oxygen atoms in total. The van der Waals surface area contributed by atoms with Crippen molar-refractivity contribution in [3.63, 3.8) is 0 Å². The summed E-state index contributed by atoms with van der Waals surface area (Å²) in [4.78, 5) is 25.2. The average Bonchev–Trinajstić information content (AvgIpc) is 3.27. The van der Waals surface area contributed by atoms with E-state index in [1.807, 2.05) is 6.92 Å². The lowest BCUT2D eigenvalue weighted by Gasteiger charge is -2.15. The van der Waals surface area contributed by atoms with E-state index in [9.17, 15) is 22.8 Å². The van der Waals surface area contributed by atoms with Gasteiger partial charge >= 0.3 is 0 Å². The number of ether oxygens (including phenoxy) is 2. The quantitative estimate of drug-likeness (QED) is 0.185. The fourth-order valence-electron chi connectivity index (χ4n) is 4.08. The van der Waals surface area contributed by atoms with Gasteiger partial charge in [0, 0.05) is 38.4 Å². The summed E-state index contributed by atoms with van der Waals surface area (Å²) in [6.07, 6.45) is 3.08. The highest BCUT2D eigenvalue weighted by molar-refractivity contribution is 7.17. The number of methoxy groups -OCH3 is 2. The second-order valence-electron chi connectivity index (χ2n) is 8.73. The van der Waals surface area contributed by atoms with Gasteiger partial charge in [0.05, 0.1) is 35.7 Å². The van der Waals surface area contributed by atoms with Gasteiger partial charge in [0.25, 0.3) is 11.6 Å². The molecule has 0 radical (unpaired) electrons. The number of aromatic nitrogens is 2. The van der Waals surface area contributed by atoms with E-state index < -0.39 is 22.8 Å². The molecule has 1 aromatic heterocycles. The Labute approximate surface area is 215 Å². The molecular formula is C26H31F3N3O4P. The summed E-state index contributed by atoms with van der Waals surface area (Å²) in [5.74, 6) is -1.21. The second-order valence-corrected chi connectivity index (χ2v) is 9.46. The maximum absolute atomic E-state index is 14.3. The predicted octanol–water partition coefficient (Wildman–Crippen LogP) is 5.17. The van der Waals surface area contributed by atoms with Crippen LogP contribution in [0.2, 0.25) is 0 Å². The molecule has 11 heteroatoms. The molecule has 3 rings (SSSR count). The first-order valence-corrected chi connectivity index (χ1v) is 12.5. The van der Waals surface area contributed by atoms with Crippen LogP contribution in [0.5, 0.6) is 5.75 Å². The maximum Gasteiger partial charge on any atom is 0.283 e. The van der Waals surface area contributed by atoms with Gasteiger partial charge in [0.1, 0.15) is 11.6 Å². The molecule has 2 unspecified atom stereocenters. The van der Waals surface area contributed by atoms with E-state index >= 15 is 0 Å². The molecule has 3 aromatic rings. The molecular weight excluding hydrogens is 506 g/mol. The van der Waals surface area contributed by atoms with Crippen molar-refractivity contribution in [1.29, 1.82) is 0 Å². The van der Waals surface area contributed by atoms with Crippen LogP contribution in [-0.2, 0) is 16.9 Å². The van der Waals surface area contributed by atoms with E-state index in [0.717, 1.165) is 18.6 Å². The number of fused-ring (bicyclic) bond motifs is 1. The molecule has 0 spiro atoms. The number of ketones is 1. The van der Waals surface area contributed by atoms with E-state index in [0.29, 0.717) is 54.4 Å². The summed E-state index contributed by atoms with van der Waals surface area (Å²) in [6, 6.07) is 6.28. The Morgan fingerprint density at radius 1 is 1.19 bits per heavy atom. The highest BCUT2D eigenvalue weighted by atomic mass is 31.0. The number of amides is 1. The molecule has 0 saturated heterocycles. The average molecular weight is 538 g/mol. The number of carbonyl (C=O) groups is 2. The fourth-order valence-corrected chi connectivity index (χ4v) is 4.26. The molecule has 1 N–H and O–H groups in total. The summed E-state index contributed by atoms with van der Waals surface area (Å²) < 4.78 is 53.3. The van der Waals surface area contributed by atoms with Crippen molar-refractivity contribution in [1.82, 2.24) is 15.1 Å². The van der Waals surface area contributed by atoms with Crippen LogP contribution < -0.4 is 10.1 Å². The number of hydrogen-bond donors (Lipinski definition) is 1. The SMILES string of the molecule is CCC(CCC(=O)c1ccc(C(F)(F)P)cc1F)Cn1cc2c(OC)c(C(=O)NCCOC)ccc2n1. The number of nitrogens with zero attached hydrogens (tertiary/aromatic N) is 2. The van der Waals surface area contributed by atoms with E-state index in [1.54, 1.807) is 30.1 Å². The van der Waals surface area contributed by atoms with Gasteiger partial charge in [-0.1, -0.05) is 28.7 Å². The second kappa shape index (κ2) is 12.5. The molecule has 0 aliphatic heterocycles. The van der Waals surface area contributed by atoms with Gasteiger partial charge in [0.15, 0.2) is 5.78 Å². The third-order valence-electron chi connectivity index (χ3n) is 6.18. The Morgan fingerprint density at radius 2 is 1.92 bits per heavy atom. The monoisotopic (exact) mass is 537 g/mol. The Bertz CT molecular complexity index is 1260. The molecule has 0 aliphatic rings. The third kappa shape index (κ3) is 7.08. The number of nitrogens with one attached hydrogen (secondary N) is 1. The number of halogens is 3. The van der Waals surface area contributed by atoms with Crippen molar-refractivity contribution >= 4 is 31.8 Å². The molecule has 2 atom stereocenters. The van der Waals surface area contributed by atoms with Crippen molar-refractivity contribution in [2.75, 3.05) is 27.4 Å². The standard InChI is InChI=1S/C26H31F3N3O4P/c1-4-16(5-10-23(33)18-7-6-17(13-21(18)27)26(28,29)37)14-32-15-20-22(31-32)9-8-19(24(20)36-3)25(34)30-11-12-35-2/h6-9,13,15-16H,4-5,10-12,14,37H2,1-3H3,(H,30,34). The van der Waals surface area contributed by atoms with Gasteiger partial charge in [0.2, 0.25) is 0 Å². The van der Waals surface area contributed by atoms with Gasteiger partial charge in [-0.15, -0.1) is 0 Å². The number of alkyl halides is 2. The zero-order valence-corrected chi connectivity index (χ0v) is 22.2. The first-order chi connectivity index (χ1) is 17.6. The molecule has 0 bridgehead atoms. The minimum Gasteiger partial charge on any atom is -0.495 e. The zero-order valence-electron chi connectivity index (χ0n) is 21.0. The summed E-state index contributed by atoms with van der Waals surface area (Å²) in [6.45, 7) is 3.24. The Kier molecular flexibility index (Phi) is 9.68. The first-order valence-electron chi connectivity index (χ1n) is 11.9. The van der Waals surface area contributed by atoms with Crippen LogP contribution in [0.1, 0.15) is 52.5 Å². The van der Waals surface area contributed by atoms with E-state index in [-0.39, 0.29) is 23.8 Å². The van der Waals surface area contributed by atoms with Gasteiger partial charge in [-0.25, -0.2) is 4.39 Å². The van der Waals surface area contributed by atoms with Crippen molar-refractivity contribution in [3.8, 4) is 5.75 Å². The lowest BCUT2D eigenvalue weighted by Crippen LogP contribution is -2.27. The van der Waals surface area contributed by atoms with Gasteiger partial charge in [-0.2, -0.15) is 13.9 Å². The molecule has 2 aromatic carbocycles. The van der Waals surface area contributed by atoms with Gasteiger partial charge in [-0.05, 0) is 36.6 Å². The van der Waals surface area contributed by atoms with Crippen molar-refractivity contribution < 1.29 is 32.2 Å². The molecule has 1 heterocycles. The lowest BCUT2D eigenvalue weighted by atomic mass is 9.96. The maximum atomic E-state index is 14.3. The number of Topliss-reactive ketones (excluding diaryl/α,β-unsaturated/α-hetero) is 1. The van der Waals surface area contributed by atoms with E-state index in [1.165, 1.54) is 16.3 Å². The van der Waals surface area contributed by atoms with Gasteiger partial charge < -0.3 is 14.8 Å². The number of benzene rings is 2. The number of hydrogen-bond acceptors (Lipinski definition) is 5. The van der Waals surface area contributed by atoms with Crippen LogP contribution in [0, 0.1) is 11.7 Å². The third-order valence-corrected chi connectivity index (χ3v) is 6.52. The molecule has 37 heavy (non-hydrogen) atoms. The highest BCUT2D eigenvalue weighted by Crippen LogP contribution is 2.35. The van der Waals surface area contributed by atoms with E-state index in [4.69, 9.17) is 9.47 Å². The summed E-state index contributed by atoms with van der Waals surface area (Å²) >= 11 is 0. The normalized spacial score (nSPS) is 12.5. The predicted molar refractivity (Wildman–Crippen MR) is 138 cm³/mol. The topological polar surface area (TPSA) is 82.5 Å². The number of rotatable bonds is 13. The number of carbonyl (C=O) groups excluding carboxylic acids is 2. The Hall–Kier alpha value is -2.97. The van der Waals surface area contributed by atoms with Crippen LogP contribution >= 0.6 is 9.24 Å². The van der Waals surface area contributed by atoms with Crippen molar-refractivity contribution in [3.05, 3.63) is 59.0 Å². The molecule has 0 aliphatic carbocycles. The zero-order chi connectivity index (χ0) is 27.2. The van der Waals surface area contributed by atoms with Gasteiger partial charge in [-0.3, -0.25) is 14.3 Å². The minimum absolute atomic E-state index is 0.0554. The van der Waals surface area contributed by atoms with Crippen LogP contribution in [0.3, 0.4) is 0 Å². The summed E-state index contributed by atoms with van der Waals surface area (Å²) in [5.41, 5.74) is -2.92. The smallest absolute Gasteiger partial charge is 0.283 e. The fraction of sp³-hybridized carbons (Fsp3) is 0.423. The molecule has 200 valence electrons. The minimum atomic E-state index is -3.26. The van der Waals surface area contributed by atoms with Crippen molar-refractivity contribution in [2.45, 2.75) is 38.4 Å². The van der Waals surface area contributed by atoms with Crippen LogP contribution in [0.4, 0.5) is 13.2 Å². The molecule has 1 amide bonds. The van der Waals surface area contributed by atoms with Crippen molar-refractivity contribution in [2.24, 2.45) is 5.92 Å². The Morgan fingerprint density at radius 3 is 2.54 bits per heavy atom. The van der Waals surface area contributed by atoms with E-state index in [2.05, 4.69) is 10.4 Å². The largest absolute Gasteiger partial charge is 0.495 e. The van der Waals surface area contributed by atoms with Crippen LogP contribution in [0.25, 0.3) is 10.9 Å². The molecule has 0 saturated carbocycles. The van der Waals surface area contributed by atoms with Crippen LogP contribution in [-0.4, -0.2) is 48.8 Å². The Balaban J connectivity index is 1.70. The summed E-state index contributed by atoms with van der Waals surface area (Å²) in [5, 5.41) is 8.04. The lowest BCUT2D eigenvalue weighted by molar-refractivity contribution is 0.0932.